The van der Waals surface area contributed by atoms with Crippen LogP contribution in [-0.4, -0.2) is 50.7 Å². The van der Waals surface area contributed by atoms with Crippen LogP contribution in [0.1, 0.15) is 12.8 Å². The molecule has 1 rings (SSSR count). The van der Waals surface area contributed by atoms with Gasteiger partial charge in [0.1, 0.15) is 0 Å². The molecular formula is C9H18N2O2. The highest BCUT2D eigenvalue weighted by Crippen LogP contribution is 2.05. The number of hydrogen-bond acceptors (Lipinski definition) is 3. The molecule has 0 spiro atoms. The van der Waals surface area contributed by atoms with Crippen molar-refractivity contribution in [1.29, 1.82) is 0 Å². The van der Waals surface area contributed by atoms with Crippen LogP contribution in [0, 0.1) is 0 Å². The Kier molecular flexibility index (Phi) is 4.18. The first-order valence-corrected chi connectivity index (χ1v) is 4.70. The number of hydrogen-bond donors (Lipinski definition) is 1. The third-order valence-corrected chi connectivity index (χ3v) is 2.05. The molecule has 0 aliphatic carbocycles. The van der Waals surface area contributed by atoms with E-state index in [1.54, 1.807) is 0 Å². The maximum absolute atomic E-state index is 11.3. The Balaban J connectivity index is 2.18. The molecule has 1 aliphatic rings. The lowest BCUT2D eigenvalue weighted by Crippen LogP contribution is -2.42. The molecule has 0 aromatic carbocycles. The molecule has 0 aromatic heterocycles. The topological polar surface area (TPSA) is 41.6 Å². The predicted octanol–water partition coefficient (Wildman–Crippen LogP) is -0.157. The van der Waals surface area contributed by atoms with Crippen LogP contribution in [0.15, 0.2) is 0 Å². The van der Waals surface area contributed by atoms with Crippen LogP contribution >= 0.6 is 0 Å². The molecular weight excluding hydrogens is 168 g/mol. The molecule has 1 heterocycles. The van der Waals surface area contributed by atoms with E-state index in [0.29, 0.717) is 12.6 Å². The van der Waals surface area contributed by atoms with E-state index < -0.39 is 0 Å². The molecule has 76 valence electrons. The molecule has 13 heavy (non-hydrogen) atoms. The normalized spacial score (nSPS) is 19.0. The van der Waals surface area contributed by atoms with Crippen LogP contribution in [0.3, 0.4) is 0 Å². The highest BCUT2D eigenvalue weighted by atomic mass is 16.5. The number of carbonyl (C=O) groups excluding carboxylic acids is 1. The molecule has 0 aromatic rings. The van der Waals surface area contributed by atoms with Gasteiger partial charge in [-0.1, -0.05) is 0 Å². The molecule has 0 radical (unpaired) electrons. The zero-order valence-corrected chi connectivity index (χ0v) is 8.38. The van der Waals surface area contributed by atoms with Gasteiger partial charge < -0.3 is 15.0 Å². The SMILES string of the molecule is CN(C)CC(=O)NC1CCOCC1. The molecule has 0 atom stereocenters. The smallest absolute Gasteiger partial charge is 0.234 e. The van der Waals surface area contributed by atoms with Gasteiger partial charge in [-0.3, -0.25) is 4.79 Å². The van der Waals surface area contributed by atoms with Crippen LogP contribution in [0.5, 0.6) is 0 Å². The Bertz CT molecular complexity index is 165. The fourth-order valence-electron chi connectivity index (χ4n) is 1.40. The largest absolute Gasteiger partial charge is 0.381 e. The standard InChI is InChI=1S/C9H18N2O2/c1-11(2)7-9(12)10-8-3-5-13-6-4-8/h8H,3-7H2,1-2H3,(H,10,12). The summed E-state index contributed by atoms with van der Waals surface area (Å²) >= 11 is 0. The second-order valence-electron chi connectivity index (χ2n) is 3.69. The summed E-state index contributed by atoms with van der Waals surface area (Å²) in [4.78, 5) is 13.2. The van der Waals surface area contributed by atoms with Gasteiger partial charge in [-0.2, -0.15) is 0 Å². The average molecular weight is 186 g/mol. The zero-order chi connectivity index (χ0) is 9.68. The van der Waals surface area contributed by atoms with Crippen molar-refractivity contribution in [1.82, 2.24) is 10.2 Å². The Morgan fingerprint density at radius 2 is 2.08 bits per heavy atom. The Hall–Kier alpha value is -0.610. The lowest BCUT2D eigenvalue weighted by molar-refractivity contribution is -0.122. The number of nitrogens with one attached hydrogen (secondary N) is 1. The second-order valence-corrected chi connectivity index (χ2v) is 3.69. The molecule has 4 heteroatoms. The third-order valence-electron chi connectivity index (χ3n) is 2.05. The molecule has 0 bridgehead atoms. The summed E-state index contributed by atoms with van der Waals surface area (Å²) in [5.41, 5.74) is 0. The second kappa shape index (κ2) is 5.19. The van der Waals surface area contributed by atoms with Crippen molar-refractivity contribution in [2.75, 3.05) is 33.9 Å². The van der Waals surface area contributed by atoms with Gasteiger partial charge in [0.2, 0.25) is 5.91 Å². The van der Waals surface area contributed by atoms with Crippen molar-refractivity contribution in [3.05, 3.63) is 0 Å². The van der Waals surface area contributed by atoms with Gasteiger partial charge in [-0.15, -0.1) is 0 Å². The van der Waals surface area contributed by atoms with Crippen LogP contribution in [0.2, 0.25) is 0 Å². The molecule has 1 aliphatic heterocycles. The van der Waals surface area contributed by atoms with E-state index in [0.717, 1.165) is 26.1 Å². The Morgan fingerprint density at radius 3 is 2.62 bits per heavy atom. The highest BCUT2D eigenvalue weighted by molar-refractivity contribution is 5.78. The van der Waals surface area contributed by atoms with E-state index >= 15 is 0 Å². The molecule has 1 saturated heterocycles. The number of amides is 1. The minimum absolute atomic E-state index is 0.108. The average Bonchev–Trinajstić information content (AvgIpc) is 2.04. The molecule has 1 fully saturated rings. The van der Waals surface area contributed by atoms with Crippen molar-refractivity contribution in [2.45, 2.75) is 18.9 Å². The lowest BCUT2D eigenvalue weighted by atomic mass is 10.1. The van der Waals surface area contributed by atoms with Gasteiger partial charge in [0.15, 0.2) is 0 Å². The maximum Gasteiger partial charge on any atom is 0.234 e. The van der Waals surface area contributed by atoms with Crippen molar-refractivity contribution in [3.8, 4) is 0 Å². The van der Waals surface area contributed by atoms with Crippen molar-refractivity contribution < 1.29 is 9.53 Å². The minimum atomic E-state index is 0.108. The van der Waals surface area contributed by atoms with Gasteiger partial charge in [-0.25, -0.2) is 0 Å². The van der Waals surface area contributed by atoms with E-state index in [4.69, 9.17) is 4.74 Å². The fraction of sp³-hybridized carbons (Fsp3) is 0.889. The molecule has 1 N–H and O–H groups in total. The van der Waals surface area contributed by atoms with Gasteiger partial charge in [0.25, 0.3) is 0 Å². The van der Waals surface area contributed by atoms with Crippen molar-refractivity contribution >= 4 is 5.91 Å². The van der Waals surface area contributed by atoms with E-state index in [2.05, 4.69) is 5.32 Å². The molecule has 4 nitrogen and oxygen atoms in total. The van der Waals surface area contributed by atoms with E-state index in [9.17, 15) is 4.79 Å². The van der Waals surface area contributed by atoms with Gasteiger partial charge in [0.05, 0.1) is 6.54 Å². The zero-order valence-electron chi connectivity index (χ0n) is 8.38. The van der Waals surface area contributed by atoms with Crippen LogP contribution < -0.4 is 5.32 Å². The first-order valence-electron chi connectivity index (χ1n) is 4.70. The van der Waals surface area contributed by atoms with E-state index in [-0.39, 0.29) is 5.91 Å². The van der Waals surface area contributed by atoms with Gasteiger partial charge in [0, 0.05) is 19.3 Å². The summed E-state index contributed by atoms with van der Waals surface area (Å²) in [6.45, 7) is 2.01. The van der Waals surface area contributed by atoms with Crippen LogP contribution in [0.4, 0.5) is 0 Å². The van der Waals surface area contributed by atoms with Gasteiger partial charge in [-0.05, 0) is 26.9 Å². The summed E-state index contributed by atoms with van der Waals surface area (Å²) in [7, 11) is 3.78. The number of likely N-dealkylation sites (N-methyl/N-ethyl adjacent to an activating group) is 1. The fourth-order valence-corrected chi connectivity index (χ4v) is 1.40. The first-order chi connectivity index (χ1) is 6.18. The maximum atomic E-state index is 11.3. The molecule has 0 saturated carbocycles. The number of nitrogens with zero attached hydrogens (tertiary/aromatic N) is 1. The quantitative estimate of drug-likeness (QED) is 0.666. The Labute approximate surface area is 79.2 Å². The molecule has 1 amide bonds. The minimum Gasteiger partial charge on any atom is -0.381 e. The van der Waals surface area contributed by atoms with E-state index in [1.165, 1.54) is 0 Å². The van der Waals surface area contributed by atoms with E-state index in [1.807, 2.05) is 19.0 Å². The van der Waals surface area contributed by atoms with Crippen LogP contribution in [-0.2, 0) is 9.53 Å². The summed E-state index contributed by atoms with van der Waals surface area (Å²) in [5, 5.41) is 2.99. The summed E-state index contributed by atoms with van der Waals surface area (Å²) in [5.74, 6) is 0.108. The third kappa shape index (κ3) is 4.24. The highest BCUT2D eigenvalue weighted by Gasteiger charge is 2.15. The lowest BCUT2D eigenvalue weighted by Gasteiger charge is -2.23. The van der Waals surface area contributed by atoms with Crippen LogP contribution in [0.25, 0.3) is 0 Å². The summed E-state index contributed by atoms with van der Waals surface area (Å²) in [6, 6.07) is 0.321. The van der Waals surface area contributed by atoms with Crippen molar-refractivity contribution in [2.24, 2.45) is 0 Å². The molecule has 0 unspecified atom stereocenters. The van der Waals surface area contributed by atoms with Crippen molar-refractivity contribution in [3.63, 3.8) is 0 Å². The van der Waals surface area contributed by atoms with Gasteiger partial charge >= 0.3 is 0 Å². The summed E-state index contributed by atoms with van der Waals surface area (Å²) in [6.07, 6.45) is 1.89. The number of ether oxygens (including phenoxy) is 1. The monoisotopic (exact) mass is 186 g/mol. The Morgan fingerprint density at radius 1 is 1.46 bits per heavy atom. The summed E-state index contributed by atoms with van der Waals surface area (Å²) < 4.78 is 5.20. The first kappa shape index (κ1) is 10.5. The number of carbonyl (C=O) groups is 1. The number of rotatable bonds is 3. The predicted molar refractivity (Wildman–Crippen MR) is 50.5 cm³/mol.